The summed E-state index contributed by atoms with van der Waals surface area (Å²) in [7, 11) is 1.68. The van der Waals surface area contributed by atoms with Crippen LogP contribution in [0, 0.1) is 0 Å². The van der Waals surface area contributed by atoms with Gasteiger partial charge in [0.2, 0.25) is 0 Å². The van der Waals surface area contributed by atoms with Crippen LogP contribution in [-0.4, -0.2) is 27.3 Å². The van der Waals surface area contributed by atoms with Gasteiger partial charge in [0.15, 0.2) is 5.82 Å². The van der Waals surface area contributed by atoms with E-state index < -0.39 is 0 Å². The molecule has 5 nitrogen and oxygen atoms in total. The van der Waals surface area contributed by atoms with Gasteiger partial charge in [0.05, 0.1) is 12.8 Å². The lowest BCUT2D eigenvalue weighted by Crippen LogP contribution is -2.17. The van der Waals surface area contributed by atoms with E-state index >= 15 is 0 Å². The van der Waals surface area contributed by atoms with Crippen LogP contribution in [0.5, 0.6) is 5.75 Å². The summed E-state index contributed by atoms with van der Waals surface area (Å²) in [6.07, 6.45) is 0.826. The molecule has 1 aromatic carbocycles. The second-order valence-electron chi connectivity index (χ2n) is 4.71. The molecule has 2 aromatic heterocycles. The van der Waals surface area contributed by atoms with Gasteiger partial charge in [-0.15, -0.1) is 16.4 Å². The highest BCUT2D eigenvalue weighted by molar-refractivity contribution is 7.10. The Morgan fingerprint density at radius 1 is 1.25 bits per heavy atom. The number of tetrazole rings is 1. The van der Waals surface area contributed by atoms with Crippen LogP contribution in [0.4, 0.5) is 0 Å². The second kappa shape index (κ2) is 4.42. The van der Waals surface area contributed by atoms with Crippen molar-refractivity contribution in [2.24, 2.45) is 0 Å². The van der Waals surface area contributed by atoms with Crippen LogP contribution in [-0.2, 0) is 6.42 Å². The predicted octanol–water partition coefficient (Wildman–Crippen LogP) is 2.42. The smallest absolute Gasteiger partial charge is 0.157 e. The molecule has 1 unspecified atom stereocenters. The molecular formula is C14H12N4OS. The second-order valence-corrected chi connectivity index (χ2v) is 5.65. The summed E-state index contributed by atoms with van der Waals surface area (Å²) in [6.45, 7) is 0. The zero-order valence-electron chi connectivity index (χ0n) is 10.9. The van der Waals surface area contributed by atoms with Crippen molar-refractivity contribution in [2.45, 2.75) is 12.3 Å². The van der Waals surface area contributed by atoms with E-state index in [1.165, 1.54) is 10.4 Å². The zero-order valence-corrected chi connectivity index (χ0v) is 11.7. The van der Waals surface area contributed by atoms with Crippen LogP contribution >= 0.6 is 11.3 Å². The molecule has 0 radical (unpaired) electrons. The molecule has 0 amide bonds. The summed E-state index contributed by atoms with van der Waals surface area (Å²) in [5, 5.41) is 14.1. The Labute approximate surface area is 119 Å². The molecule has 3 heterocycles. The van der Waals surface area contributed by atoms with E-state index in [-0.39, 0.29) is 0 Å². The average molecular weight is 284 g/mol. The first-order valence-corrected chi connectivity index (χ1v) is 7.24. The minimum absolute atomic E-state index is 0.314. The zero-order chi connectivity index (χ0) is 13.5. The molecule has 0 saturated heterocycles. The van der Waals surface area contributed by atoms with Gasteiger partial charge >= 0.3 is 0 Å². The van der Waals surface area contributed by atoms with Crippen molar-refractivity contribution >= 4 is 11.3 Å². The molecule has 0 bridgehead atoms. The highest BCUT2D eigenvalue weighted by Crippen LogP contribution is 2.39. The topological polar surface area (TPSA) is 52.8 Å². The number of thiophene rings is 1. The molecule has 0 aliphatic carbocycles. The van der Waals surface area contributed by atoms with E-state index in [1.807, 2.05) is 16.8 Å². The van der Waals surface area contributed by atoms with Gasteiger partial charge in [-0.1, -0.05) is 12.1 Å². The van der Waals surface area contributed by atoms with Crippen molar-refractivity contribution < 1.29 is 4.74 Å². The van der Waals surface area contributed by atoms with Crippen molar-refractivity contribution in [1.29, 1.82) is 0 Å². The number of benzene rings is 1. The first-order chi connectivity index (χ1) is 9.86. The average Bonchev–Trinajstić information content (AvgIpc) is 3.14. The molecule has 0 spiro atoms. The Morgan fingerprint density at radius 3 is 2.90 bits per heavy atom. The number of methoxy groups -OCH3 is 1. The lowest BCUT2D eigenvalue weighted by molar-refractivity contribution is 0.414. The number of nitrogens with zero attached hydrogens (tertiary/aromatic N) is 4. The maximum Gasteiger partial charge on any atom is 0.157 e. The molecule has 3 aromatic rings. The fourth-order valence-corrected chi connectivity index (χ4v) is 3.65. The van der Waals surface area contributed by atoms with Crippen molar-refractivity contribution in [3.05, 3.63) is 52.0 Å². The van der Waals surface area contributed by atoms with Crippen LogP contribution in [0.15, 0.2) is 35.7 Å². The maximum absolute atomic E-state index is 5.22. The third-order valence-corrected chi connectivity index (χ3v) is 4.68. The Kier molecular flexibility index (Phi) is 2.56. The number of hydrogen-bond donors (Lipinski definition) is 0. The van der Waals surface area contributed by atoms with E-state index in [2.05, 4.69) is 39.1 Å². The van der Waals surface area contributed by atoms with Gasteiger partial charge in [0.25, 0.3) is 0 Å². The monoisotopic (exact) mass is 284 g/mol. The summed E-state index contributed by atoms with van der Waals surface area (Å²) in [4.78, 5) is 1.31. The Bertz CT molecular complexity index is 747. The van der Waals surface area contributed by atoms with E-state index in [1.54, 1.807) is 18.4 Å². The van der Waals surface area contributed by atoms with E-state index in [0.717, 1.165) is 23.7 Å². The summed E-state index contributed by atoms with van der Waals surface area (Å²) >= 11 is 1.76. The van der Waals surface area contributed by atoms with Crippen LogP contribution in [0.1, 0.15) is 22.2 Å². The van der Waals surface area contributed by atoms with Crippen molar-refractivity contribution in [3.8, 4) is 11.4 Å². The Hall–Kier alpha value is -2.21. The molecule has 6 heteroatoms. The highest BCUT2D eigenvalue weighted by atomic mass is 32.1. The van der Waals surface area contributed by atoms with Crippen molar-refractivity contribution in [1.82, 2.24) is 20.2 Å². The Balaban J connectivity index is 1.80. The Morgan fingerprint density at radius 2 is 2.10 bits per heavy atom. The lowest BCUT2D eigenvalue weighted by atomic mass is 9.91. The van der Waals surface area contributed by atoms with Gasteiger partial charge in [0, 0.05) is 17.2 Å². The lowest BCUT2D eigenvalue weighted by Gasteiger charge is -2.22. The summed E-state index contributed by atoms with van der Waals surface area (Å²) in [5.74, 6) is 2.10. The number of fused-ring (bicyclic) bond motifs is 3. The number of aromatic nitrogens is 4. The molecule has 100 valence electrons. The van der Waals surface area contributed by atoms with Gasteiger partial charge in [-0.25, -0.2) is 0 Å². The maximum atomic E-state index is 5.22. The number of rotatable bonds is 2. The molecule has 20 heavy (non-hydrogen) atoms. The van der Waals surface area contributed by atoms with Gasteiger partial charge in [-0.3, -0.25) is 0 Å². The van der Waals surface area contributed by atoms with Gasteiger partial charge in [-0.05, 0) is 39.6 Å². The first kappa shape index (κ1) is 11.6. The number of ether oxygens (including phenoxy) is 1. The summed E-state index contributed by atoms with van der Waals surface area (Å²) in [6, 6.07) is 10.3. The SMILES string of the molecule is COc1ccc(C2Cc3nnnn3-c3ccsc32)cc1. The number of hydrogen-bond acceptors (Lipinski definition) is 5. The first-order valence-electron chi connectivity index (χ1n) is 6.36. The summed E-state index contributed by atoms with van der Waals surface area (Å²) in [5.41, 5.74) is 2.37. The van der Waals surface area contributed by atoms with Crippen LogP contribution in [0.2, 0.25) is 0 Å². The third-order valence-electron chi connectivity index (χ3n) is 3.66. The molecular weight excluding hydrogens is 272 g/mol. The van der Waals surface area contributed by atoms with Crippen LogP contribution in [0.25, 0.3) is 5.69 Å². The molecule has 1 atom stereocenters. The molecule has 0 saturated carbocycles. The summed E-state index contributed by atoms with van der Waals surface area (Å²) < 4.78 is 7.06. The third kappa shape index (κ3) is 1.65. The normalized spacial score (nSPS) is 16.6. The largest absolute Gasteiger partial charge is 0.497 e. The predicted molar refractivity (Wildman–Crippen MR) is 75.6 cm³/mol. The molecule has 1 aliphatic rings. The van der Waals surface area contributed by atoms with Gasteiger partial charge in [-0.2, -0.15) is 4.68 Å². The van der Waals surface area contributed by atoms with Crippen molar-refractivity contribution in [2.75, 3.05) is 7.11 Å². The molecule has 1 aliphatic heterocycles. The minimum atomic E-state index is 0.314. The fourth-order valence-electron chi connectivity index (χ4n) is 2.65. The fraction of sp³-hybridized carbons (Fsp3) is 0.214. The molecule has 0 fully saturated rings. The van der Waals surface area contributed by atoms with E-state index in [4.69, 9.17) is 4.74 Å². The molecule has 4 rings (SSSR count). The minimum Gasteiger partial charge on any atom is -0.497 e. The highest BCUT2D eigenvalue weighted by Gasteiger charge is 2.29. The van der Waals surface area contributed by atoms with Gasteiger partial charge < -0.3 is 4.74 Å². The standard InChI is InChI=1S/C14H12N4OS/c1-19-10-4-2-9(3-5-10)11-8-13-15-16-17-18(13)12-6-7-20-14(11)12/h2-7,11H,8H2,1H3. The quantitative estimate of drug-likeness (QED) is 0.725. The van der Waals surface area contributed by atoms with Crippen molar-refractivity contribution in [3.63, 3.8) is 0 Å². The van der Waals surface area contributed by atoms with Gasteiger partial charge in [0.1, 0.15) is 5.75 Å². The van der Waals surface area contributed by atoms with E-state index in [9.17, 15) is 0 Å². The van der Waals surface area contributed by atoms with Crippen LogP contribution in [0.3, 0.4) is 0 Å². The van der Waals surface area contributed by atoms with E-state index in [0.29, 0.717) is 5.92 Å². The van der Waals surface area contributed by atoms with Crippen LogP contribution < -0.4 is 4.74 Å². The molecule has 0 N–H and O–H groups in total.